The molecule has 10 heteroatoms. The highest BCUT2D eigenvalue weighted by Crippen LogP contribution is 2.35. The number of aliphatic hydroxyl groups excluding tert-OH is 2. The summed E-state index contributed by atoms with van der Waals surface area (Å²) in [7, 11) is 1.62. The first kappa shape index (κ1) is 38.6. The SMILES string of the molecule is CC[C@H](C)[C@@]1(NC(=O)CCCO)CCN([C@H](CCc2ccccc2)C(=O)N[C@@H](Cc2ccccc2)C(O)CNCc2cccc(OC)c2)C1=O. The monoisotopic (exact) mass is 686 g/mol. The molecule has 1 heterocycles. The molecular formula is C40H54N4O6. The number of carbonyl (C=O) groups is 3. The number of ether oxygens (including phenoxy) is 1. The van der Waals surface area contributed by atoms with Crippen molar-refractivity contribution in [3.8, 4) is 5.75 Å². The highest BCUT2D eigenvalue weighted by atomic mass is 16.5. The van der Waals surface area contributed by atoms with E-state index < -0.39 is 23.7 Å². The van der Waals surface area contributed by atoms with Gasteiger partial charge in [-0.2, -0.15) is 0 Å². The number of carbonyl (C=O) groups excluding carboxylic acids is 3. The molecule has 4 rings (SSSR count). The maximum Gasteiger partial charge on any atom is 0.249 e. The predicted octanol–water partition coefficient (Wildman–Crippen LogP) is 3.78. The molecule has 1 fully saturated rings. The third-order valence-electron chi connectivity index (χ3n) is 9.90. The topological polar surface area (TPSA) is 140 Å². The van der Waals surface area contributed by atoms with Gasteiger partial charge in [0.15, 0.2) is 0 Å². The number of nitrogens with one attached hydrogen (secondary N) is 3. The van der Waals surface area contributed by atoms with Crippen LogP contribution in [-0.4, -0.2) is 83.4 Å². The zero-order valence-electron chi connectivity index (χ0n) is 29.6. The lowest BCUT2D eigenvalue weighted by Crippen LogP contribution is -2.61. The summed E-state index contributed by atoms with van der Waals surface area (Å²) in [5.41, 5.74) is 1.87. The van der Waals surface area contributed by atoms with Crippen molar-refractivity contribution in [3.05, 3.63) is 102 Å². The smallest absolute Gasteiger partial charge is 0.249 e. The number of aliphatic hydroxyl groups is 2. The van der Waals surface area contributed by atoms with Crippen LogP contribution in [-0.2, 0) is 33.8 Å². The molecular weight excluding hydrogens is 632 g/mol. The molecule has 3 amide bonds. The largest absolute Gasteiger partial charge is 0.497 e. The maximum atomic E-state index is 14.4. The summed E-state index contributed by atoms with van der Waals surface area (Å²) in [6.45, 7) is 4.87. The van der Waals surface area contributed by atoms with Gasteiger partial charge >= 0.3 is 0 Å². The quantitative estimate of drug-likeness (QED) is 0.122. The van der Waals surface area contributed by atoms with Crippen molar-refractivity contribution in [1.29, 1.82) is 0 Å². The molecule has 270 valence electrons. The van der Waals surface area contributed by atoms with Gasteiger partial charge in [0.05, 0.1) is 19.3 Å². The van der Waals surface area contributed by atoms with E-state index in [9.17, 15) is 24.6 Å². The van der Waals surface area contributed by atoms with Gasteiger partial charge in [0.1, 0.15) is 17.3 Å². The number of aryl methyl sites for hydroxylation is 1. The fraction of sp³-hybridized carbons (Fsp3) is 0.475. The first-order valence-corrected chi connectivity index (χ1v) is 17.8. The Morgan fingerprint density at radius 2 is 1.66 bits per heavy atom. The molecule has 1 unspecified atom stereocenters. The Morgan fingerprint density at radius 1 is 0.980 bits per heavy atom. The summed E-state index contributed by atoms with van der Waals surface area (Å²) in [6, 6.07) is 25.8. The minimum absolute atomic E-state index is 0.113. The van der Waals surface area contributed by atoms with E-state index in [2.05, 4.69) is 16.0 Å². The van der Waals surface area contributed by atoms with Gasteiger partial charge in [0.2, 0.25) is 17.7 Å². The Bertz CT molecular complexity index is 1510. The van der Waals surface area contributed by atoms with Crippen molar-refractivity contribution in [2.24, 2.45) is 5.92 Å². The number of nitrogens with zero attached hydrogens (tertiary/aromatic N) is 1. The molecule has 5 atom stereocenters. The molecule has 1 aliphatic rings. The first-order valence-electron chi connectivity index (χ1n) is 17.8. The van der Waals surface area contributed by atoms with E-state index in [-0.39, 0.29) is 43.2 Å². The third-order valence-corrected chi connectivity index (χ3v) is 9.90. The van der Waals surface area contributed by atoms with Crippen LogP contribution in [0.5, 0.6) is 5.75 Å². The van der Waals surface area contributed by atoms with Crippen LogP contribution in [0.25, 0.3) is 0 Å². The molecule has 3 aromatic rings. The second kappa shape index (κ2) is 19.2. The van der Waals surface area contributed by atoms with Gasteiger partial charge < -0.3 is 35.8 Å². The van der Waals surface area contributed by atoms with Crippen LogP contribution in [0.3, 0.4) is 0 Å². The van der Waals surface area contributed by atoms with Gasteiger partial charge in [-0.1, -0.05) is 93.1 Å². The highest BCUT2D eigenvalue weighted by molar-refractivity contribution is 5.97. The van der Waals surface area contributed by atoms with Crippen LogP contribution in [0.1, 0.15) is 62.6 Å². The summed E-state index contributed by atoms with van der Waals surface area (Å²) in [5, 5.41) is 30.3. The molecule has 10 nitrogen and oxygen atoms in total. The molecule has 1 saturated heterocycles. The van der Waals surface area contributed by atoms with E-state index in [0.717, 1.165) is 22.4 Å². The number of benzene rings is 3. The van der Waals surface area contributed by atoms with Crippen molar-refractivity contribution >= 4 is 17.7 Å². The van der Waals surface area contributed by atoms with Gasteiger partial charge in [0.25, 0.3) is 0 Å². The van der Waals surface area contributed by atoms with Crippen molar-refractivity contribution in [3.63, 3.8) is 0 Å². The van der Waals surface area contributed by atoms with Crippen molar-refractivity contribution in [2.45, 2.75) is 89.1 Å². The average Bonchev–Trinajstić information content (AvgIpc) is 3.46. The fourth-order valence-electron chi connectivity index (χ4n) is 6.75. The van der Waals surface area contributed by atoms with Gasteiger partial charge in [-0.3, -0.25) is 14.4 Å². The molecule has 0 aliphatic carbocycles. The summed E-state index contributed by atoms with van der Waals surface area (Å²) in [6.07, 6.45) is 1.87. The number of methoxy groups -OCH3 is 1. The normalized spacial score (nSPS) is 18.3. The minimum Gasteiger partial charge on any atom is -0.497 e. The van der Waals surface area contributed by atoms with Crippen molar-refractivity contribution in [1.82, 2.24) is 20.9 Å². The zero-order chi connectivity index (χ0) is 35.9. The number of hydrogen-bond donors (Lipinski definition) is 5. The minimum atomic E-state index is -1.14. The van der Waals surface area contributed by atoms with E-state index in [1.54, 1.807) is 12.0 Å². The molecule has 5 N–H and O–H groups in total. The lowest BCUT2D eigenvalue weighted by molar-refractivity contribution is -0.144. The van der Waals surface area contributed by atoms with E-state index in [0.29, 0.717) is 51.6 Å². The summed E-state index contributed by atoms with van der Waals surface area (Å²) in [4.78, 5) is 43.4. The lowest BCUT2D eigenvalue weighted by atomic mass is 9.81. The van der Waals surface area contributed by atoms with Gasteiger partial charge in [-0.25, -0.2) is 0 Å². The molecule has 0 saturated carbocycles. The molecule has 0 radical (unpaired) electrons. The van der Waals surface area contributed by atoms with E-state index in [1.807, 2.05) is 98.8 Å². The Hall–Kier alpha value is -4.25. The molecule has 3 aromatic carbocycles. The Labute approximate surface area is 296 Å². The summed E-state index contributed by atoms with van der Waals surface area (Å²) >= 11 is 0. The van der Waals surface area contributed by atoms with Crippen LogP contribution in [0.4, 0.5) is 0 Å². The van der Waals surface area contributed by atoms with Crippen molar-refractivity contribution < 1.29 is 29.3 Å². The fourth-order valence-corrected chi connectivity index (χ4v) is 6.75. The Morgan fingerprint density at radius 3 is 2.32 bits per heavy atom. The number of amides is 3. The van der Waals surface area contributed by atoms with Gasteiger partial charge in [-0.15, -0.1) is 0 Å². The van der Waals surface area contributed by atoms with E-state index in [1.165, 1.54) is 0 Å². The summed E-state index contributed by atoms with van der Waals surface area (Å²) < 4.78 is 5.33. The van der Waals surface area contributed by atoms with Crippen LogP contribution in [0.2, 0.25) is 0 Å². The van der Waals surface area contributed by atoms with Gasteiger partial charge in [-0.05, 0) is 66.8 Å². The average molecular weight is 687 g/mol. The predicted molar refractivity (Wildman–Crippen MR) is 194 cm³/mol. The first-order chi connectivity index (χ1) is 24.2. The number of likely N-dealkylation sites (tertiary alicyclic amines) is 1. The van der Waals surface area contributed by atoms with Crippen molar-refractivity contribution in [2.75, 3.05) is 26.8 Å². The second-order valence-corrected chi connectivity index (χ2v) is 13.3. The molecule has 50 heavy (non-hydrogen) atoms. The molecule has 0 aromatic heterocycles. The molecule has 0 bridgehead atoms. The molecule has 0 spiro atoms. The van der Waals surface area contributed by atoms with Crippen LogP contribution in [0, 0.1) is 5.92 Å². The highest BCUT2D eigenvalue weighted by Gasteiger charge is 2.53. The van der Waals surface area contributed by atoms with E-state index in [4.69, 9.17) is 4.74 Å². The lowest BCUT2D eigenvalue weighted by Gasteiger charge is -2.36. The standard InChI is InChI=1S/C40H54N4O6/c1-4-29(2)40(43-37(47)19-12-24-45)22-23-44(39(40)49)35(21-20-30-13-7-5-8-14-30)38(48)42-34(26-31-15-9-6-10-16-31)36(46)28-41-27-32-17-11-18-33(25-32)50-3/h5-11,13-18,25,29,34-36,41,45-46H,4,12,19-24,26-28H2,1-3H3,(H,42,48)(H,43,47)/t29-,34-,35+,36?,40-/m0/s1. The maximum absolute atomic E-state index is 14.4. The van der Waals surface area contributed by atoms with E-state index >= 15 is 0 Å². The summed E-state index contributed by atoms with van der Waals surface area (Å²) in [5.74, 6) is -0.308. The Balaban J connectivity index is 1.57. The number of rotatable bonds is 20. The van der Waals surface area contributed by atoms with Crippen LogP contribution in [0.15, 0.2) is 84.9 Å². The Kier molecular flexibility index (Phi) is 14.8. The second-order valence-electron chi connectivity index (χ2n) is 13.3. The van der Waals surface area contributed by atoms with Crippen LogP contribution < -0.4 is 20.7 Å². The third kappa shape index (κ3) is 10.4. The van der Waals surface area contributed by atoms with Gasteiger partial charge in [0, 0.05) is 32.7 Å². The van der Waals surface area contributed by atoms with Crippen LogP contribution >= 0.6 is 0 Å². The number of hydrogen-bond acceptors (Lipinski definition) is 7. The zero-order valence-corrected chi connectivity index (χ0v) is 29.6. The molecule has 1 aliphatic heterocycles.